The number of pyridine rings is 1. The van der Waals surface area contributed by atoms with Gasteiger partial charge in [-0.2, -0.15) is 5.10 Å². The van der Waals surface area contributed by atoms with Crippen LogP contribution in [0, 0.1) is 0 Å². The van der Waals surface area contributed by atoms with Gasteiger partial charge in [0, 0.05) is 29.6 Å². The molecule has 2 aromatic heterocycles. The van der Waals surface area contributed by atoms with Crippen LogP contribution in [0.3, 0.4) is 0 Å². The first-order valence-electron chi connectivity index (χ1n) is 6.65. The normalized spacial score (nSPS) is 11.2. The molecule has 0 saturated heterocycles. The van der Waals surface area contributed by atoms with Crippen LogP contribution in [0.2, 0.25) is 0 Å². The summed E-state index contributed by atoms with van der Waals surface area (Å²) in [6.45, 7) is 5.55. The van der Waals surface area contributed by atoms with Crippen molar-refractivity contribution in [1.29, 1.82) is 0 Å². The standard InChI is InChI=1S/C15H18N4O2/c1-15(2,3)17-13(20)10-19-14(21)5-4-12(18-19)11-6-8-16-9-7-11/h4-9H,10H2,1-3H3,(H,17,20). The first kappa shape index (κ1) is 14.9. The molecule has 0 atom stereocenters. The minimum Gasteiger partial charge on any atom is -0.350 e. The lowest BCUT2D eigenvalue weighted by molar-refractivity contribution is -0.123. The number of rotatable bonds is 3. The highest BCUT2D eigenvalue weighted by atomic mass is 16.2. The Kier molecular flexibility index (Phi) is 4.16. The third kappa shape index (κ3) is 4.24. The van der Waals surface area contributed by atoms with Crippen LogP contribution in [-0.4, -0.2) is 26.2 Å². The molecule has 0 unspecified atom stereocenters. The fourth-order valence-electron chi connectivity index (χ4n) is 1.83. The van der Waals surface area contributed by atoms with E-state index in [9.17, 15) is 9.59 Å². The van der Waals surface area contributed by atoms with Crippen LogP contribution >= 0.6 is 0 Å². The third-order valence-electron chi connectivity index (χ3n) is 2.65. The smallest absolute Gasteiger partial charge is 0.267 e. The van der Waals surface area contributed by atoms with Crippen molar-refractivity contribution in [2.75, 3.05) is 0 Å². The highest BCUT2D eigenvalue weighted by molar-refractivity contribution is 5.76. The Labute approximate surface area is 122 Å². The number of nitrogens with one attached hydrogen (secondary N) is 1. The maximum absolute atomic E-state index is 11.9. The lowest BCUT2D eigenvalue weighted by Crippen LogP contribution is -2.43. The Balaban J connectivity index is 2.25. The van der Waals surface area contributed by atoms with Gasteiger partial charge in [-0.25, -0.2) is 4.68 Å². The van der Waals surface area contributed by atoms with Crippen molar-refractivity contribution >= 4 is 5.91 Å². The minimum absolute atomic E-state index is 0.102. The fraction of sp³-hybridized carbons (Fsp3) is 0.333. The van der Waals surface area contributed by atoms with E-state index in [0.717, 1.165) is 10.2 Å². The second kappa shape index (κ2) is 5.87. The van der Waals surface area contributed by atoms with Crippen LogP contribution in [0.1, 0.15) is 20.8 Å². The van der Waals surface area contributed by atoms with E-state index in [4.69, 9.17) is 0 Å². The Morgan fingerprint density at radius 3 is 2.48 bits per heavy atom. The first-order chi connectivity index (χ1) is 9.85. The highest BCUT2D eigenvalue weighted by Crippen LogP contribution is 2.12. The molecule has 1 N–H and O–H groups in total. The predicted octanol–water partition coefficient (Wildman–Crippen LogP) is 1.22. The lowest BCUT2D eigenvalue weighted by Gasteiger charge is -2.20. The zero-order valence-corrected chi connectivity index (χ0v) is 12.3. The van der Waals surface area contributed by atoms with Crippen molar-refractivity contribution in [2.45, 2.75) is 32.9 Å². The van der Waals surface area contributed by atoms with Crippen molar-refractivity contribution in [3.63, 3.8) is 0 Å². The van der Waals surface area contributed by atoms with Gasteiger partial charge in [0.1, 0.15) is 6.54 Å². The maximum atomic E-state index is 11.9. The Morgan fingerprint density at radius 1 is 1.19 bits per heavy atom. The van der Waals surface area contributed by atoms with Gasteiger partial charge in [-0.3, -0.25) is 14.6 Å². The molecular weight excluding hydrogens is 268 g/mol. The van der Waals surface area contributed by atoms with E-state index in [0.29, 0.717) is 5.69 Å². The van der Waals surface area contributed by atoms with Crippen LogP contribution in [0.4, 0.5) is 0 Å². The largest absolute Gasteiger partial charge is 0.350 e. The second-order valence-electron chi connectivity index (χ2n) is 5.75. The Bertz CT molecular complexity index is 687. The summed E-state index contributed by atoms with van der Waals surface area (Å²) in [5, 5.41) is 7.03. The molecule has 0 spiro atoms. The lowest BCUT2D eigenvalue weighted by atomic mass is 10.1. The number of hydrogen-bond acceptors (Lipinski definition) is 4. The number of hydrogen-bond donors (Lipinski definition) is 1. The summed E-state index contributed by atoms with van der Waals surface area (Å²) in [4.78, 5) is 27.7. The van der Waals surface area contributed by atoms with Crippen LogP contribution in [0.15, 0.2) is 41.5 Å². The molecule has 2 aromatic rings. The van der Waals surface area contributed by atoms with Crippen molar-refractivity contribution in [3.05, 3.63) is 47.0 Å². The predicted molar refractivity (Wildman–Crippen MR) is 79.6 cm³/mol. The van der Waals surface area contributed by atoms with Gasteiger partial charge in [-0.15, -0.1) is 0 Å². The van der Waals surface area contributed by atoms with E-state index in [1.165, 1.54) is 6.07 Å². The van der Waals surface area contributed by atoms with Gasteiger partial charge in [-0.05, 0) is 39.0 Å². The van der Waals surface area contributed by atoms with Gasteiger partial charge in [0.2, 0.25) is 5.91 Å². The Morgan fingerprint density at radius 2 is 1.86 bits per heavy atom. The SMILES string of the molecule is CC(C)(C)NC(=O)Cn1nc(-c2ccncc2)ccc1=O. The number of amides is 1. The number of aromatic nitrogens is 3. The summed E-state index contributed by atoms with van der Waals surface area (Å²) in [5.74, 6) is -0.246. The van der Waals surface area contributed by atoms with Crippen LogP contribution < -0.4 is 10.9 Å². The third-order valence-corrected chi connectivity index (χ3v) is 2.65. The molecule has 21 heavy (non-hydrogen) atoms. The van der Waals surface area contributed by atoms with E-state index >= 15 is 0 Å². The van der Waals surface area contributed by atoms with Crippen molar-refractivity contribution in [3.8, 4) is 11.3 Å². The summed E-state index contributed by atoms with van der Waals surface area (Å²) >= 11 is 0. The molecule has 1 amide bonds. The maximum Gasteiger partial charge on any atom is 0.267 e. The van der Waals surface area contributed by atoms with E-state index < -0.39 is 0 Å². The van der Waals surface area contributed by atoms with Crippen molar-refractivity contribution < 1.29 is 4.79 Å². The molecule has 0 saturated carbocycles. The number of nitrogens with zero attached hydrogens (tertiary/aromatic N) is 3. The van der Waals surface area contributed by atoms with Crippen molar-refractivity contribution in [2.24, 2.45) is 0 Å². The van der Waals surface area contributed by atoms with E-state index in [1.54, 1.807) is 30.6 Å². The van der Waals surface area contributed by atoms with Gasteiger partial charge in [0.05, 0.1) is 5.69 Å². The van der Waals surface area contributed by atoms with Crippen LogP contribution in [-0.2, 0) is 11.3 Å². The fourth-order valence-corrected chi connectivity index (χ4v) is 1.83. The summed E-state index contributed by atoms with van der Waals surface area (Å²) < 4.78 is 1.16. The molecule has 0 aliphatic rings. The number of carbonyl (C=O) groups is 1. The van der Waals surface area contributed by atoms with E-state index in [-0.39, 0.29) is 23.6 Å². The molecule has 0 bridgehead atoms. The molecular formula is C15H18N4O2. The molecule has 0 fully saturated rings. The van der Waals surface area contributed by atoms with Gasteiger partial charge in [0.15, 0.2) is 0 Å². The number of carbonyl (C=O) groups excluding carboxylic acids is 1. The second-order valence-corrected chi connectivity index (χ2v) is 5.75. The molecule has 0 radical (unpaired) electrons. The van der Waals surface area contributed by atoms with E-state index in [1.807, 2.05) is 20.8 Å². The first-order valence-corrected chi connectivity index (χ1v) is 6.65. The van der Waals surface area contributed by atoms with E-state index in [2.05, 4.69) is 15.4 Å². The highest BCUT2D eigenvalue weighted by Gasteiger charge is 2.15. The zero-order valence-electron chi connectivity index (χ0n) is 12.3. The zero-order chi connectivity index (χ0) is 15.5. The summed E-state index contributed by atoms with van der Waals surface area (Å²) in [6.07, 6.45) is 3.30. The van der Waals surface area contributed by atoms with Crippen molar-refractivity contribution in [1.82, 2.24) is 20.1 Å². The quantitative estimate of drug-likeness (QED) is 0.920. The topological polar surface area (TPSA) is 76.9 Å². The van der Waals surface area contributed by atoms with Gasteiger partial charge < -0.3 is 5.32 Å². The van der Waals surface area contributed by atoms with Gasteiger partial charge >= 0.3 is 0 Å². The summed E-state index contributed by atoms with van der Waals surface area (Å²) in [5.41, 5.74) is 0.816. The minimum atomic E-state index is -0.344. The van der Waals surface area contributed by atoms with Gasteiger partial charge in [-0.1, -0.05) is 0 Å². The monoisotopic (exact) mass is 286 g/mol. The van der Waals surface area contributed by atoms with Gasteiger partial charge in [0.25, 0.3) is 5.56 Å². The van der Waals surface area contributed by atoms with Crippen LogP contribution in [0.25, 0.3) is 11.3 Å². The molecule has 2 rings (SSSR count). The Hall–Kier alpha value is -2.50. The molecule has 6 nitrogen and oxygen atoms in total. The summed E-state index contributed by atoms with van der Waals surface area (Å²) in [7, 11) is 0. The molecule has 110 valence electrons. The average Bonchev–Trinajstić information content (AvgIpc) is 2.40. The van der Waals surface area contributed by atoms with Crippen LogP contribution in [0.5, 0.6) is 0 Å². The molecule has 0 aromatic carbocycles. The summed E-state index contributed by atoms with van der Waals surface area (Å²) in [6, 6.07) is 6.64. The molecule has 0 aliphatic heterocycles. The molecule has 2 heterocycles. The molecule has 0 aliphatic carbocycles. The average molecular weight is 286 g/mol. The molecule has 6 heteroatoms.